The molecule has 0 radical (unpaired) electrons. The Labute approximate surface area is 160 Å². The maximum absolute atomic E-state index is 11.9. The van der Waals surface area contributed by atoms with E-state index >= 15 is 0 Å². The third kappa shape index (κ3) is 7.38. The first-order valence-electron chi connectivity index (χ1n) is 8.44. The Morgan fingerprint density at radius 2 is 1.52 bits per heavy atom. The lowest BCUT2D eigenvalue weighted by Gasteiger charge is -2.20. The van der Waals surface area contributed by atoms with E-state index in [-0.39, 0.29) is 13.1 Å². The van der Waals surface area contributed by atoms with Crippen LogP contribution in [0.1, 0.15) is 31.9 Å². The summed E-state index contributed by atoms with van der Waals surface area (Å²) in [5, 5.41) is 7.99. The largest absolute Gasteiger partial charge is 0.444 e. The number of anilines is 1. The van der Waals surface area contributed by atoms with Gasteiger partial charge in [-0.2, -0.15) is 12.7 Å². The van der Waals surface area contributed by atoms with Crippen LogP contribution in [0, 0.1) is 0 Å². The van der Waals surface area contributed by atoms with Gasteiger partial charge < -0.3 is 4.74 Å². The Morgan fingerprint density at radius 1 is 1.00 bits per heavy atom. The molecule has 0 saturated carbocycles. The topological polar surface area (TPSA) is 102 Å². The lowest BCUT2D eigenvalue weighted by Crippen LogP contribution is -2.35. The number of carbonyl (C=O) groups excluding carboxylic acids is 1. The van der Waals surface area contributed by atoms with Crippen LogP contribution in [-0.4, -0.2) is 24.4 Å². The van der Waals surface area contributed by atoms with Crippen LogP contribution >= 0.6 is 0 Å². The van der Waals surface area contributed by atoms with Crippen LogP contribution in [0.2, 0.25) is 0 Å². The summed E-state index contributed by atoms with van der Waals surface area (Å²) < 4.78 is 30.2. The zero-order valence-corrected chi connectivity index (χ0v) is 16.5. The summed E-state index contributed by atoms with van der Waals surface area (Å²) in [6.07, 6.45) is -0.550. The van der Waals surface area contributed by atoms with Gasteiger partial charge in [-0.3, -0.25) is 5.32 Å². The van der Waals surface area contributed by atoms with Crippen molar-refractivity contribution < 1.29 is 17.9 Å². The minimum Gasteiger partial charge on any atom is -0.444 e. The molecule has 3 N–H and O–H groups in total. The average Bonchev–Trinajstić information content (AvgIpc) is 2.54. The number of benzene rings is 2. The molecule has 2 aromatic rings. The zero-order chi connectivity index (χ0) is 20.1. The van der Waals surface area contributed by atoms with E-state index in [1.54, 1.807) is 45.0 Å². The molecule has 27 heavy (non-hydrogen) atoms. The summed E-state index contributed by atoms with van der Waals surface area (Å²) in [5.74, 6) is 0. The fraction of sp³-hybridized carbons (Fsp3) is 0.316. The van der Waals surface area contributed by atoms with Crippen LogP contribution in [0.15, 0.2) is 54.6 Å². The zero-order valence-electron chi connectivity index (χ0n) is 15.7. The molecule has 0 aliphatic carbocycles. The fourth-order valence-corrected chi connectivity index (χ4v) is 3.00. The second-order valence-corrected chi connectivity index (χ2v) is 8.67. The van der Waals surface area contributed by atoms with Gasteiger partial charge in [-0.15, -0.1) is 0 Å². The number of ether oxygens (including phenoxy) is 1. The van der Waals surface area contributed by atoms with Crippen molar-refractivity contribution in [3.8, 4) is 0 Å². The van der Waals surface area contributed by atoms with E-state index < -0.39 is 21.9 Å². The minimum atomic E-state index is -3.87. The van der Waals surface area contributed by atoms with Crippen LogP contribution < -0.4 is 10.5 Å². The normalized spacial score (nSPS) is 12.0. The van der Waals surface area contributed by atoms with E-state index in [1.165, 1.54) is 4.31 Å². The molecule has 2 rings (SSSR count). The first-order valence-corrected chi connectivity index (χ1v) is 9.94. The lowest BCUT2D eigenvalue weighted by molar-refractivity contribution is 0.0636. The molecule has 0 saturated heterocycles. The Hall–Kier alpha value is -2.42. The molecule has 7 nitrogen and oxygen atoms in total. The molecule has 0 aliphatic heterocycles. The van der Waals surface area contributed by atoms with Gasteiger partial charge in [0.2, 0.25) is 0 Å². The standard InChI is InChI=1S/C19H25N3O4S/c1-19(2,3)26-18(23)21-17-11-9-16(10-12-17)14-22(27(20,24)25)13-15-7-5-4-6-8-15/h4-12H,13-14H2,1-3H3,(H,21,23)(H2,20,24,25). The molecule has 8 heteroatoms. The number of nitrogens with zero attached hydrogens (tertiary/aromatic N) is 1. The van der Waals surface area contributed by atoms with Gasteiger partial charge >= 0.3 is 6.09 Å². The Kier molecular flexibility index (Phi) is 6.59. The van der Waals surface area contributed by atoms with E-state index in [2.05, 4.69) is 5.32 Å². The Balaban J connectivity index is 2.05. The molecule has 1 amide bonds. The number of carbonyl (C=O) groups is 1. The monoisotopic (exact) mass is 391 g/mol. The van der Waals surface area contributed by atoms with Crippen molar-refractivity contribution >= 4 is 22.0 Å². The fourth-order valence-electron chi connectivity index (χ4n) is 2.34. The summed E-state index contributed by atoms with van der Waals surface area (Å²) in [4.78, 5) is 11.8. The summed E-state index contributed by atoms with van der Waals surface area (Å²) in [5.41, 5.74) is 1.56. The molecule has 0 heterocycles. The average molecular weight is 391 g/mol. The van der Waals surface area contributed by atoms with E-state index in [0.717, 1.165) is 11.1 Å². The van der Waals surface area contributed by atoms with Gasteiger partial charge in [0, 0.05) is 18.8 Å². The van der Waals surface area contributed by atoms with Crippen molar-refractivity contribution in [3.05, 3.63) is 65.7 Å². The van der Waals surface area contributed by atoms with Gasteiger partial charge in [-0.05, 0) is 44.0 Å². The molecule has 2 aromatic carbocycles. The number of nitrogens with one attached hydrogen (secondary N) is 1. The van der Waals surface area contributed by atoms with Crippen LogP contribution in [0.4, 0.5) is 10.5 Å². The maximum atomic E-state index is 11.9. The SMILES string of the molecule is CC(C)(C)OC(=O)Nc1ccc(CN(Cc2ccccc2)S(N)(=O)=O)cc1. The summed E-state index contributed by atoms with van der Waals surface area (Å²) >= 11 is 0. The highest BCUT2D eigenvalue weighted by atomic mass is 32.2. The number of nitrogens with two attached hydrogens (primary N) is 1. The predicted octanol–water partition coefficient (Wildman–Crippen LogP) is 3.24. The van der Waals surface area contributed by atoms with E-state index in [4.69, 9.17) is 9.88 Å². The summed E-state index contributed by atoms with van der Waals surface area (Å²) in [6, 6.07) is 16.1. The molecular weight excluding hydrogens is 366 g/mol. The second-order valence-electron chi connectivity index (χ2n) is 7.12. The van der Waals surface area contributed by atoms with Gasteiger partial charge in [0.15, 0.2) is 0 Å². The Morgan fingerprint density at radius 3 is 2.00 bits per heavy atom. The van der Waals surface area contributed by atoms with Crippen molar-refractivity contribution in [2.24, 2.45) is 5.14 Å². The first kappa shape index (κ1) is 20.9. The molecule has 0 atom stereocenters. The molecule has 146 valence electrons. The van der Waals surface area contributed by atoms with Gasteiger partial charge in [0.05, 0.1) is 0 Å². The smallest absolute Gasteiger partial charge is 0.412 e. The van der Waals surface area contributed by atoms with E-state index in [0.29, 0.717) is 5.69 Å². The minimum absolute atomic E-state index is 0.125. The van der Waals surface area contributed by atoms with Gasteiger partial charge in [-0.25, -0.2) is 9.93 Å². The van der Waals surface area contributed by atoms with Crippen LogP contribution in [0.3, 0.4) is 0 Å². The van der Waals surface area contributed by atoms with Gasteiger partial charge in [-0.1, -0.05) is 42.5 Å². The second kappa shape index (κ2) is 8.51. The Bertz CT molecular complexity index is 860. The lowest BCUT2D eigenvalue weighted by atomic mass is 10.2. The number of rotatable bonds is 6. The van der Waals surface area contributed by atoms with Crippen molar-refractivity contribution in [1.29, 1.82) is 0 Å². The quantitative estimate of drug-likeness (QED) is 0.789. The molecule has 0 fully saturated rings. The molecule has 0 spiro atoms. The van der Waals surface area contributed by atoms with Crippen LogP contribution in [0.5, 0.6) is 0 Å². The predicted molar refractivity (Wildman–Crippen MR) is 105 cm³/mol. The van der Waals surface area contributed by atoms with Crippen molar-refractivity contribution in [2.45, 2.75) is 39.5 Å². The summed E-state index contributed by atoms with van der Waals surface area (Å²) in [6.45, 7) is 5.65. The molecule has 0 aliphatic rings. The van der Waals surface area contributed by atoms with Crippen molar-refractivity contribution in [3.63, 3.8) is 0 Å². The van der Waals surface area contributed by atoms with E-state index in [1.807, 2.05) is 30.3 Å². The number of amides is 1. The van der Waals surface area contributed by atoms with Crippen LogP contribution in [0.25, 0.3) is 0 Å². The third-order valence-corrected chi connectivity index (χ3v) is 4.50. The van der Waals surface area contributed by atoms with Crippen molar-refractivity contribution in [1.82, 2.24) is 4.31 Å². The van der Waals surface area contributed by atoms with Gasteiger partial charge in [0.1, 0.15) is 5.60 Å². The molecule has 0 bridgehead atoms. The van der Waals surface area contributed by atoms with Crippen LogP contribution in [-0.2, 0) is 28.0 Å². The highest BCUT2D eigenvalue weighted by molar-refractivity contribution is 7.86. The molecular formula is C19H25N3O4S. The summed E-state index contributed by atoms with van der Waals surface area (Å²) in [7, 11) is -3.87. The maximum Gasteiger partial charge on any atom is 0.412 e. The first-order chi connectivity index (χ1) is 12.5. The highest BCUT2D eigenvalue weighted by Crippen LogP contribution is 2.16. The third-order valence-electron chi connectivity index (χ3n) is 3.52. The molecule has 0 unspecified atom stereocenters. The highest BCUT2D eigenvalue weighted by Gasteiger charge is 2.19. The molecule has 0 aromatic heterocycles. The number of hydrogen-bond donors (Lipinski definition) is 2. The van der Waals surface area contributed by atoms with E-state index in [9.17, 15) is 13.2 Å². The van der Waals surface area contributed by atoms with Gasteiger partial charge in [0.25, 0.3) is 10.2 Å². The van der Waals surface area contributed by atoms with Crippen molar-refractivity contribution in [2.75, 3.05) is 5.32 Å². The number of hydrogen-bond acceptors (Lipinski definition) is 4.